The van der Waals surface area contributed by atoms with Crippen molar-refractivity contribution < 1.29 is 0 Å². The third-order valence-electron chi connectivity index (χ3n) is 10.5. The van der Waals surface area contributed by atoms with Crippen LogP contribution in [0, 0.1) is 40.6 Å². The number of nitriles is 3. The van der Waals surface area contributed by atoms with Crippen LogP contribution in [0.1, 0.15) is 16.7 Å². The summed E-state index contributed by atoms with van der Waals surface area (Å²) in [6.45, 7) is 7.96. The van der Waals surface area contributed by atoms with E-state index in [0.717, 1.165) is 76.1 Å². The van der Waals surface area contributed by atoms with Gasteiger partial charge in [0.2, 0.25) is 5.69 Å². The molecule has 0 unspecified atom stereocenters. The number of nitrogens with zero attached hydrogens (tertiary/aromatic N) is 4. The summed E-state index contributed by atoms with van der Waals surface area (Å²) in [5, 5.41) is 45.5. The lowest BCUT2D eigenvalue weighted by atomic mass is 9.83. The predicted octanol–water partition coefficient (Wildman–Crippen LogP) is 12.1. The van der Waals surface area contributed by atoms with Crippen LogP contribution in [-0.4, -0.2) is 0 Å². The molecule has 0 saturated carbocycles. The average Bonchev–Trinajstić information content (AvgIpc) is 3.68. The summed E-state index contributed by atoms with van der Waals surface area (Å²) in [6.07, 6.45) is 0. The quantitative estimate of drug-likeness (QED) is 0.141. The minimum atomic E-state index is 0.313. The fourth-order valence-corrected chi connectivity index (χ4v) is 8.50. The third kappa shape index (κ3) is 3.44. The maximum absolute atomic E-state index is 10.2. The van der Waals surface area contributed by atoms with Crippen LogP contribution >= 0.6 is 0 Å². The Kier molecular flexibility index (Phi) is 5.52. The fourth-order valence-electron chi connectivity index (χ4n) is 8.50. The zero-order valence-corrected chi connectivity index (χ0v) is 26.3. The molecule has 4 heteroatoms. The first-order valence-electron chi connectivity index (χ1n) is 16.2. The Morgan fingerprint density at radius 2 is 0.960 bits per heavy atom. The zero-order valence-electron chi connectivity index (χ0n) is 26.3. The first-order chi connectivity index (χ1) is 24.6. The van der Waals surface area contributed by atoms with Gasteiger partial charge in [0.1, 0.15) is 12.1 Å². The van der Waals surface area contributed by atoms with Crippen LogP contribution in [0.4, 0.5) is 5.69 Å². The van der Waals surface area contributed by atoms with E-state index in [2.05, 4.69) is 108 Å². The van der Waals surface area contributed by atoms with Gasteiger partial charge >= 0.3 is 0 Å². The highest BCUT2D eigenvalue weighted by molar-refractivity contribution is 6.44. The highest BCUT2D eigenvalue weighted by atomic mass is 14.6. The molecule has 0 saturated heterocycles. The predicted molar refractivity (Wildman–Crippen MR) is 203 cm³/mol. The van der Waals surface area contributed by atoms with E-state index >= 15 is 0 Å². The first-order valence-corrected chi connectivity index (χ1v) is 16.2. The molecule has 0 heterocycles. The Morgan fingerprint density at radius 3 is 1.64 bits per heavy atom. The van der Waals surface area contributed by atoms with E-state index in [1.165, 1.54) is 21.5 Å². The monoisotopic (exact) mass is 628 g/mol. The van der Waals surface area contributed by atoms with E-state index in [4.69, 9.17) is 6.57 Å². The summed E-state index contributed by atoms with van der Waals surface area (Å²) in [5.41, 5.74) is 5.05. The van der Waals surface area contributed by atoms with Crippen molar-refractivity contribution >= 4 is 81.1 Å². The van der Waals surface area contributed by atoms with Gasteiger partial charge in [-0.25, -0.2) is 4.85 Å². The number of rotatable bonds is 2. The van der Waals surface area contributed by atoms with Gasteiger partial charge in [-0.15, -0.1) is 0 Å². The van der Waals surface area contributed by atoms with Crippen LogP contribution in [0.2, 0.25) is 0 Å². The van der Waals surface area contributed by atoms with Gasteiger partial charge in [-0.1, -0.05) is 97.1 Å². The molecule has 0 aliphatic carbocycles. The van der Waals surface area contributed by atoms with E-state index in [9.17, 15) is 15.8 Å². The Balaban J connectivity index is 1.57. The van der Waals surface area contributed by atoms with Gasteiger partial charge < -0.3 is 0 Å². The second-order valence-corrected chi connectivity index (χ2v) is 12.8. The van der Waals surface area contributed by atoms with E-state index in [-0.39, 0.29) is 0 Å². The molecule has 0 aromatic heterocycles. The topological polar surface area (TPSA) is 75.7 Å². The molecule has 224 valence electrons. The van der Waals surface area contributed by atoms with Gasteiger partial charge in [-0.2, -0.15) is 15.8 Å². The van der Waals surface area contributed by atoms with Crippen molar-refractivity contribution in [1.82, 2.24) is 0 Å². The van der Waals surface area contributed by atoms with Crippen LogP contribution in [-0.2, 0) is 0 Å². The number of benzene rings is 8. The summed E-state index contributed by atoms with van der Waals surface area (Å²) in [7, 11) is 0. The molecule has 0 aliphatic rings. The standard InChI is InChI=1S/C46H20N4/c1-50-39-20-27(16-18-29(39)23-48)41-38-21-37-32-10-3-2-9-31(32)33-11-6-14-36(43(33)37)44(38)42(26-15-17-28(22-47)30(19-26)24-49)46-35-13-5-8-25-7-4-12-34(40(25)35)45(41)46/h2-21H. The van der Waals surface area contributed by atoms with Gasteiger partial charge in [-0.3, -0.25) is 0 Å². The van der Waals surface area contributed by atoms with Gasteiger partial charge in [0, 0.05) is 0 Å². The van der Waals surface area contributed by atoms with Crippen LogP contribution in [0.5, 0.6) is 0 Å². The van der Waals surface area contributed by atoms with Crippen LogP contribution < -0.4 is 0 Å². The second kappa shape index (κ2) is 10.0. The molecule has 0 bridgehead atoms. The maximum Gasteiger partial charge on any atom is 0.205 e. The SMILES string of the molecule is [C-]#[N+]c1cc(-c2c3cc4c5ccccc5c5cccc(c3c(-c3ccc(C#N)c(C#N)c3)c3c6cccc7cccc(c23)c76)c54)ccc1C#N. The van der Waals surface area contributed by atoms with Gasteiger partial charge in [0.25, 0.3) is 0 Å². The molecular weight excluding hydrogens is 609 g/mol. The molecule has 0 atom stereocenters. The van der Waals surface area contributed by atoms with Crippen molar-refractivity contribution in [1.29, 1.82) is 15.8 Å². The molecule has 0 aliphatic heterocycles. The summed E-state index contributed by atoms with van der Waals surface area (Å²) in [6, 6.07) is 47.9. The molecule has 10 aromatic rings. The summed E-state index contributed by atoms with van der Waals surface area (Å²) < 4.78 is 0. The van der Waals surface area contributed by atoms with Crippen molar-refractivity contribution in [3.05, 3.63) is 149 Å². The van der Waals surface area contributed by atoms with Gasteiger partial charge in [0.15, 0.2) is 0 Å². The Labute approximate surface area is 286 Å². The smallest absolute Gasteiger partial charge is 0.205 e. The van der Waals surface area contributed by atoms with Crippen molar-refractivity contribution in [3.63, 3.8) is 0 Å². The van der Waals surface area contributed by atoms with Crippen molar-refractivity contribution in [2.24, 2.45) is 0 Å². The van der Waals surface area contributed by atoms with Gasteiger partial charge in [0.05, 0.1) is 29.3 Å². The molecule has 0 amide bonds. The lowest BCUT2D eigenvalue weighted by molar-refractivity contribution is 1.43. The molecule has 0 spiro atoms. The largest absolute Gasteiger partial charge is 0.237 e. The summed E-state index contributed by atoms with van der Waals surface area (Å²) in [4.78, 5) is 3.77. The van der Waals surface area contributed by atoms with Crippen molar-refractivity contribution in [3.8, 4) is 40.5 Å². The van der Waals surface area contributed by atoms with Crippen LogP contribution in [0.25, 0.3) is 103 Å². The number of fused-ring (bicyclic) bond motifs is 8. The average molecular weight is 629 g/mol. The molecule has 4 nitrogen and oxygen atoms in total. The van der Waals surface area contributed by atoms with Crippen LogP contribution in [0.15, 0.2) is 121 Å². The molecule has 10 aromatic carbocycles. The van der Waals surface area contributed by atoms with E-state index in [1.54, 1.807) is 12.1 Å². The molecule has 10 rings (SSSR count). The summed E-state index contributed by atoms with van der Waals surface area (Å²) in [5.74, 6) is 0. The number of hydrogen-bond donors (Lipinski definition) is 0. The molecular formula is C46H20N4. The van der Waals surface area contributed by atoms with E-state index in [0.29, 0.717) is 22.4 Å². The minimum absolute atomic E-state index is 0.313. The third-order valence-corrected chi connectivity index (χ3v) is 10.5. The molecule has 0 fully saturated rings. The lowest BCUT2D eigenvalue weighted by Gasteiger charge is -2.19. The van der Waals surface area contributed by atoms with Crippen molar-refractivity contribution in [2.45, 2.75) is 0 Å². The second-order valence-electron chi connectivity index (χ2n) is 12.8. The van der Waals surface area contributed by atoms with Gasteiger partial charge in [-0.05, 0) is 122 Å². The zero-order chi connectivity index (χ0) is 33.7. The Morgan fingerprint density at radius 1 is 0.400 bits per heavy atom. The molecule has 50 heavy (non-hydrogen) atoms. The Bertz CT molecular complexity index is 3300. The van der Waals surface area contributed by atoms with Crippen molar-refractivity contribution in [2.75, 3.05) is 0 Å². The first kappa shape index (κ1) is 27.6. The normalized spacial score (nSPS) is 11.5. The highest BCUT2D eigenvalue weighted by Crippen LogP contribution is 2.54. The van der Waals surface area contributed by atoms with E-state index < -0.39 is 0 Å². The summed E-state index contributed by atoms with van der Waals surface area (Å²) >= 11 is 0. The number of hydrogen-bond acceptors (Lipinski definition) is 3. The fraction of sp³-hybridized carbons (Fsp3) is 0. The maximum atomic E-state index is 10.2. The molecule has 0 radical (unpaired) electrons. The molecule has 0 N–H and O–H groups in total. The van der Waals surface area contributed by atoms with Crippen LogP contribution in [0.3, 0.4) is 0 Å². The lowest BCUT2D eigenvalue weighted by Crippen LogP contribution is -1.93. The highest BCUT2D eigenvalue weighted by Gasteiger charge is 2.27. The van der Waals surface area contributed by atoms with E-state index in [1.807, 2.05) is 24.3 Å². The minimum Gasteiger partial charge on any atom is -0.237 e. The Hall–Kier alpha value is -7.50.